The van der Waals surface area contributed by atoms with E-state index in [0.717, 1.165) is 25.9 Å². The van der Waals surface area contributed by atoms with Gasteiger partial charge in [0.15, 0.2) is 11.6 Å². The zero-order valence-electron chi connectivity index (χ0n) is 15.5. The molecule has 144 valence electrons. The summed E-state index contributed by atoms with van der Waals surface area (Å²) in [5, 5.41) is 10.0. The molecule has 0 aliphatic carbocycles. The Balaban J connectivity index is 1.52. The van der Waals surface area contributed by atoms with Crippen molar-refractivity contribution in [3.8, 4) is 16.9 Å². The monoisotopic (exact) mass is 379 g/mol. The van der Waals surface area contributed by atoms with Crippen molar-refractivity contribution >= 4 is 5.91 Å². The highest BCUT2D eigenvalue weighted by atomic mass is 19.1. The summed E-state index contributed by atoms with van der Waals surface area (Å²) < 4.78 is 15.7. The molecule has 0 radical (unpaired) electrons. The normalized spacial score (nSPS) is 16.9. The number of nitrogens with zero attached hydrogens (tertiary/aromatic N) is 3. The third kappa shape index (κ3) is 3.76. The number of para-hydroxylation sites is 1. The van der Waals surface area contributed by atoms with E-state index in [1.807, 2.05) is 15.7 Å². The van der Waals surface area contributed by atoms with E-state index >= 15 is 0 Å². The number of likely N-dealkylation sites (tertiary alicyclic amines) is 1. The van der Waals surface area contributed by atoms with Crippen LogP contribution in [-0.4, -0.2) is 38.6 Å². The number of aromatic nitrogens is 2. The van der Waals surface area contributed by atoms with E-state index in [1.54, 1.807) is 48.9 Å². The van der Waals surface area contributed by atoms with E-state index in [0.29, 0.717) is 29.2 Å². The van der Waals surface area contributed by atoms with Crippen LogP contribution in [0.15, 0.2) is 61.2 Å². The molecule has 3 aromatic rings. The average molecular weight is 379 g/mol. The van der Waals surface area contributed by atoms with Crippen LogP contribution in [0, 0.1) is 11.7 Å². The van der Waals surface area contributed by atoms with Crippen molar-refractivity contribution in [1.82, 2.24) is 14.5 Å². The number of carbonyl (C=O) groups is 1. The number of amides is 1. The van der Waals surface area contributed by atoms with E-state index < -0.39 is 11.6 Å². The maximum Gasteiger partial charge on any atom is 0.253 e. The van der Waals surface area contributed by atoms with Gasteiger partial charge in [0.05, 0.1) is 6.33 Å². The van der Waals surface area contributed by atoms with Crippen molar-refractivity contribution in [1.29, 1.82) is 0 Å². The minimum absolute atomic E-state index is 0.0342. The van der Waals surface area contributed by atoms with Crippen LogP contribution < -0.4 is 0 Å². The van der Waals surface area contributed by atoms with Gasteiger partial charge in [0.2, 0.25) is 0 Å². The highest BCUT2D eigenvalue weighted by molar-refractivity contribution is 5.95. The third-order valence-corrected chi connectivity index (χ3v) is 5.24. The number of piperidine rings is 1. The Hall–Kier alpha value is -3.15. The minimum atomic E-state index is -0.674. The van der Waals surface area contributed by atoms with Gasteiger partial charge in [0.25, 0.3) is 5.91 Å². The van der Waals surface area contributed by atoms with Crippen LogP contribution in [0.5, 0.6) is 5.75 Å². The van der Waals surface area contributed by atoms with Crippen molar-refractivity contribution in [2.24, 2.45) is 5.92 Å². The van der Waals surface area contributed by atoms with Gasteiger partial charge >= 0.3 is 0 Å². The van der Waals surface area contributed by atoms with Gasteiger partial charge in [-0.2, -0.15) is 0 Å². The Kier molecular flexibility index (Phi) is 5.10. The van der Waals surface area contributed by atoms with E-state index in [4.69, 9.17) is 0 Å². The van der Waals surface area contributed by atoms with Crippen LogP contribution in [0.4, 0.5) is 4.39 Å². The summed E-state index contributed by atoms with van der Waals surface area (Å²) >= 11 is 0. The number of hydrogen-bond acceptors (Lipinski definition) is 3. The number of hydrogen-bond donors (Lipinski definition) is 1. The molecule has 1 saturated heterocycles. The first kappa shape index (κ1) is 18.2. The Morgan fingerprint density at radius 3 is 2.93 bits per heavy atom. The minimum Gasteiger partial charge on any atom is -0.504 e. The SMILES string of the molecule is O=C(c1cccc(-c2cccc(F)c2O)c1)N1CCCC(Cn2ccnc2)C1. The molecule has 5 nitrogen and oxygen atoms in total. The van der Waals surface area contributed by atoms with Gasteiger partial charge < -0.3 is 14.6 Å². The number of phenolic OH excluding ortho intramolecular Hbond substituents is 1. The summed E-state index contributed by atoms with van der Waals surface area (Å²) in [7, 11) is 0. The Labute approximate surface area is 163 Å². The first-order valence-corrected chi connectivity index (χ1v) is 9.45. The van der Waals surface area contributed by atoms with Gasteiger partial charge in [-0.05, 0) is 42.5 Å². The molecule has 4 rings (SSSR count). The number of carbonyl (C=O) groups excluding carboxylic acids is 1. The predicted molar refractivity (Wildman–Crippen MR) is 104 cm³/mol. The molecule has 1 fully saturated rings. The molecule has 1 amide bonds. The second kappa shape index (κ2) is 7.84. The molecule has 1 atom stereocenters. The van der Waals surface area contributed by atoms with Crippen LogP contribution in [0.2, 0.25) is 0 Å². The molecule has 0 bridgehead atoms. The fourth-order valence-electron chi connectivity index (χ4n) is 3.84. The van der Waals surface area contributed by atoms with Crippen LogP contribution in [-0.2, 0) is 6.54 Å². The van der Waals surface area contributed by atoms with Gasteiger partial charge in [0, 0.05) is 43.2 Å². The lowest BCUT2D eigenvalue weighted by Crippen LogP contribution is -2.41. The maximum absolute atomic E-state index is 13.7. The molecule has 1 unspecified atom stereocenters. The number of imidazole rings is 1. The molecule has 0 saturated carbocycles. The fourth-order valence-corrected chi connectivity index (χ4v) is 3.84. The second-order valence-corrected chi connectivity index (χ2v) is 7.24. The smallest absolute Gasteiger partial charge is 0.253 e. The van der Waals surface area contributed by atoms with E-state index in [2.05, 4.69) is 4.98 Å². The van der Waals surface area contributed by atoms with E-state index in [-0.39, 0.29) is 5.91 Å². The summed E-state index contributed by atoms with van der Waals surface area (Å²) in [5.74, 6) is -0.714. The van der Waals surface area contributed by atoms with Gasteiger partial charge in [-0.3, -0.25) is 4.79 Å². The number of halogens is 1. The quantitative estimate of drug-likeness (QED) is 0.747. The molecule has 1 aromatic heterocycles. The van der Waals surface area contributed by atoms with Gasteiger partial charge in [-0.1, -0.05) is 24.3 Å². The summed E-state index contributed by atoms with van der Waals surface area (Å²) in [6.07, 6.45) is 7.55. The second-order valence-electron chi connectivity index (χ2n) is 7.24. The molecule has 6 heteroatoms. The van der Waals surface area contributed by atoms with Crippen molar-refractivity contribution in [2.45, 2.75) is 19.4 Å². The molecule has 2 aromatic carbocycles. The maximum atomic E-state index is 13.7. The van der Waals surface area contributed by atoms with Crippen LogP contribution in [0.25, 0.3) is 11.1 Å². The zero-order valence-corrected chi connectivity index (χ0v) is 15.5. The van der Waals surface area contributed by atoms with Crippen molar-refractivity contribution in [3.63, 3.8) is 0 Å². The molecule has 1 aliphatic rings. The molecule has 2 heterocycles. The van der Waals surface area contributed by atoms with Crippen LogP contribution >= 0.6 is 0 Å². The molecular weight excluding hydrogens is 357 g/mol. The average Bonchev–Trinajstić information content (AvgIpc) is 3.23. The number of phenols is 1. The van der Waals surface area contributed by atoms with Gasteiger partial charge in [0.1, 0.15) is 0 Å². The third-order valence-electron chi connectivity index (χ3n) is 5.24. The lowest BCUT2D eigenvalue weighted by atomic mass is 9.96. The molecule has 28 heavy (non-hydrogen) atoms. The molecule has 0 spiro atoms. The summed E-state index contributed by atoms with van der Waals surface area (Å²) in [4.78, 5) is 19.0. The number of rotatable bonds is 4. The molecular formula is C22H22FN3O2. The van der Waals surface area contributed by atoms with E-state index in [9.17, 15) is 14.3 Å². The standard InChI is InChI=1S/C22H22FN3O2/c23-20-8-2-7-19(21(20)27)17-5-1-6-18(12-17)22(28)26-10-3-4-16(14-26)13-25-11-9-24-15-25/h1-2,5-9,11-12,15-16,27H,3-4,10,13-14H2. The summed E-state index contributed by atoms with van der Waals surface area (Å²) in [6.45, 7) is 2.28. The van der Waals surface area contributed by atoms with Crippen molar-refractivity contribution < 1.29 is 14.3 Å². The number of benzene rings is 2. The number of aromatic hydroxyl groups is 1. The van der Waals surface area contributed by atoms with Crippen molar-refractivity contribution in [3.05, 3.63) is 72.6 Å². The van der Waals surface area contributed by atoms with Crippen molar-refractivity contribution in [2.75, 3.05) is 13.1 Å². The lowest BCUT2D eigenvalue weighted by Gasteiger charge is -2.33. The highest BCUT2D eigenvalue weighted by Gasteiger charge is 2.25. The van der Waals surface area contributed by atoms with Crippen LogP contribution in [0.3, 0.4) is 0 Å². The zero-order chi connectivity index (χ0) is 19.5. The first-order chi connectivity index (χ1) is 13.6. The lowest BCUT2D eigenvalue weighted by molar-refractivity contribution is 0.0662. The molecule has 1 aliphatic heterocycles. The fraction of sp³-hybridized carbons (Fsp3) is 0.273. The van der Waals surface area contributed by atoms with E-state index in [1.165, 1.54) is 6.07 Å². The van der Waals surface area contributed by atoms with Gasteiger partial charge in [-0.15, -0.1) is 0 Å². The highest BCUT2D eigenvalue weighted by Crippen LogP contribution is 2.32. The molecule has 1 N–H and O–H groups in total. The topological polar surface area (TPSA) is 58.4 Å². The Morgan fingerprint density at radius 1 is 1.25 bits per heavy atom. The van der Waals surface area contributed by atoms with Gasteiger partial charge in [-0.25, -0.2) is 9.37 Å². The Bertz CT molecular complexity index is 972. The largest absolute Gasteiger partial charge is 0.504 e. The Morgan fingerprint density at radius 2 is 2.11 bits per heavy atom. The summed E-state index contributed by atoms with van der Waals surface area (Å²) in [5.41, 5.74) is 1.55. The van der Waals surface area contributed by atoms with Crippen LogP contribution in [0.1, 0.15) is 23.2 Å². The first-order valence-electron chi connectivity index (χ1n) is 9.45. The predicted octanol–water partition coefficient (Wildman–Crippen LogP) is 3.95. The summed E-state index contributed by atoms with van der Waals surface area (Å²) in [6, 6.07) is 11.4.